The summed E-state index contributed by atoms with van der Waals surface area (Å²) in [7, 11) is 1.60. The van der Waals surface area contributed by atoms with Gasteiger partial charge in [0.25, 0.3) is 0 Å². The van der Waals surface area contributed by atoms with Crippen LogP contribution < -0.4 is 14.8 Å². The molecule has 0 radical (unpaired) electrons. The molecule has 0 aliphatic heterocycles. The smallest absolute Gasteiger partial charge is 0.307 e. The van der Waals surface area contributed by atoms with Crippen LogP contribution in [0.15, 0.2) is 16.6 Å². The summed E-state index contributed by atoms with van der Waals surface area (Å²) in [5, 5.41) is 12.5. The molecule has 130 valence electrons. The number of benzene rings is 1. The molecule has 0 saturated carbocycles. The molecule has 0 aliphatic rings. The summed E-state index contributed by atoms with van der Waals surface area (Å²) in [6.45, 7) is 7.55. The maximum atomic E-state index is 11.3. The minimum absolute atomic E-state index is 0.359. The zero-order chi connectivity index (χ0) is 17.4. The van der Waals surface area contributed by atoms with Crippen LogP contribution in [0.3, 0.4) is 0 Å². The molecule has 0 amide bonds. The highest BCUT2D eigenvalue weighted by atomic mass is 79.9. The van der Waals surface area contributed by atoms with Gasteiger partial charge in [-0.25, -0.2) is 0 Å². The van der Waals surface area contributed by atoms with Crippen LogP contribution in [-0.2, 0) is 11.3 Å². The van der Waals surface area contributed by atoms with Gasteiger partial charge in [0.2, 0.25) is 0 Å². The Kier molecular flexibility index (Phi) is 8.41. The quantitative estimate of drug-likeness (QED) is 0.640. The molecule has 6 heteroatoms. The van der Waals surface area contributed by atoms with E-state index in [-0.39, 0.29) is 5.92 Å². The Bertz CT molecular complexity index is 520. The monoisotopic (exact) mass is 387 g/mol. The highest BCUT2D eigenvalue weighted by Crippen LogP contribution is 2.36. The number of carboxylic acids is 1. The number of ether oxygens (including phenoxy) is 2. The summed E-state index contributed by atoms with van der Waals surface area (Å²) < 4.78 is 11.7. The van der Waals surface area contributed by atoms with Crippen LogP contribution in [0.1, 0.15) is 32.8 Å². The lowest BCUT2D eigenvalue weighted by atomic mass is 9.97. The van der Waals surface area contributed by atoms with E-state index >= 15 is 0 Å². The van der Waals surface area contributed by atoms with Gasteiger partial charge >= 0.3 is 5.97 Å². The fourth-order valence-electron chi connectivity index (χ4n) is 2.42. The number of hydrogen-bond acceptors (Lipinski definition) is 4. The van der Waals surface area contributed by atoms with Crippen molar-refractivity contribution in [1.29, 1.82) is 0 Å². The molecule has 0 spiro atoms. The van der Waals surface area contributed by atoms with E-state index in [1.807, 2.05) is 32.9 Å². The van der Waals surface area contributed by atoms with Gasteiger partial charge in [0.05, 0.1) is 24.1 Å². The number of halogens is 1. The van der Waals surface area contributed by atoms with Gasteiger partial charge in [-0.05, 0) is 52.9 Å². The SMILES string of the molecule is CCOc1cc(CNCC(CC(C)C)C(=O)O)cc(Br)c1OC. The standard InChI is InChI=1S/C17H26BrNO4/c1-5-23-15-8-12(7-14(18)16(15)22-4)9-19-10-13(17(20)21)6-11(2)3/h7-8,11,13,19H,5-6,9-10H2,1-4H3,(H,20,21). The molecule has 0 aromatic heterocycles. The van der Waals surface area contributed by atoms with E-state index in [9.17, 15) is 9.90 Å². The third-order valence-corrected chi connectivity index (χ3v) is 3.99. The van der Waals surface area contributed by atoms with Crippen molar-refractivity contribution in [3.8, 4) is 11.5 Å². The molecule has 0 fully saturated rings. The first kappa shape index (κ1) is 19.8. The Morgan fingerprint density at radius 2 is 2.09 bits per heavy atom. The second-order valence-corrected chi connectivity index (χ2v) is 6.69. The first-order chi connectivity index (χ1) is 10.9. The van der Waals surface area contributed by atoms with Gasteiger partial charge in [-0.2, -0.15) is 0 Å². The van der Waals surface area contributed by atoms with E-state index in [1.165, 1.54) is 0 Å². The Morgan fingerprint density at radius 1 is 1.39 bits per heavy atom. The van der Waals surface area contributed by atoms with Crippen molar-refractivity contribution >= 4 is 21.9 Å². The van der Waals surface area contributed by atoms with Gasteiger partial charge in [0, 0.05) is 13.1 Å². The summed E-state index contributed by atoms with van der Waals surface area (Å²) in [6, 6.07) is 3.87. The number of methoxy groups -OCH3 is 1. The normalized spacial score (nSPS) is 12.3. The topological polar surface area (TPSA) is 67.8 Å². The third kappa shape index (κ3) is 6.39. The molecule has 1 rings (SSSR count). The Hall–Kier alpha value is -1.27. The van der Waals surface area contributed by atoms with Crippen molar-refractivity contribution in [3.63, 3.8) is 0 Å². The second-order valence-electron chi connectivity index (χ2n) is 5.84. The number of carboxylic acid groups (broad SMARTS) is 1. The van der Waals surface area contributed by atoms with Gasteiger partial charge in [-0.1, -0.05) is 13.8 Å². The van der Waals surface area contributed by atoms with Crippen molar-refractivity contribution in [2.24, 2.45) is 11.8 Å². The molecular weight excluding hydrogens is 362 g/mol. The number of rotatable bonds is 10. The summed E-state index contributed by atoms with van der Waals surface area (Å²) in [5.41, 5.74) is 1.01. The highest BCUT2D eigenvalue weighted by Gasteiger charge is 2.18. The molecule has 1 aromatic carbocycles. The number of carbonyl (C=O) groups is 1. The first-order valence-electron chi connectivity index (χ1n) is 7.81. The Balaban J connectivity index is 2.72. The zero-order valence-electron chi connectivity index (χ0n) is 14.2. The fraction of sp³-hybridized carbons (Fsp3) is 0.588. The van der Waals surface area contributed by atoms with Crippen LogP contribution in [0.4, 0.5) is 0 Å². The van der Waals surface area contributed by atoms with Crippen molar-refractivity contribution in [2.75, 3.05) is 20.3 Å². The van der Waals surface area contributed by atoms with Gasteiger partial charge in [0.15, 0.2) is 11.5 Å². The lowest BCUT2D eigenvalue weighted by molar-refractivity contribution is -0.142. The molecular formula is C17H26BrNO4. The summed E-state index contributed by atoms with van der Waals surface area (Å²) >= 11 is 3.48. The van der Waals surface area contributed by atoms with Crippen LogP contribution in [-0.4, -0.2) is 31.3 Å². The van der Waals surface area contributed by atoms with Crippen LogP contribution in [0.2, 0.25) is 0 Å². The van der Waals surface area contributed by atoms with Gasteiger partial charge < -0.3 is 19.9 Å². The minimum atomic E-state index is -0.753. The van der Waals surface area contributed by atoms with Gasteiger partial charge in [-0.15, -0.1) is 0 Å². The van der Waals surface area contributed by atoms with E-state index in [4.69, 9.17) is 9.47 Å². The van der Waals surface area contributed by atoms with Crippen molar-refractivity contribution < 1.29 is 19.4 Å². The first-order valence-corrected chi connectivity index (χ1v) is 8.61. The van der Waals surface area contributed by atoms with E-state index in [1.54, 1.807) is 7.11 Å². The van der Waals surface area contributed by atoms with Gasteiger partial charge in [0.1, 0.15) is 0 Å². The average Bonchev–Trinajstić information content (AvgIpc) is 2.46. The molecule has 1 unspecified atom stereocenters. The van der Waals surface area contributed by atoms with Crippen molar-refractivity contribution in [3.05, 3.63) is 22.2 Å². The number of nitrogens with one attached hydrogen (secondary N) is 1. The summed E-state index contributed by atoms with van der Waals surface area (Å²) in [4.78, 5) is 11.3. The predicted molar refractivity (Wildman–Crippen MR) is 94.2 cm³/mol. The van der Waals surface area contributed by atoms with Crippen molar-refractivity contribution in [1.82, 2.24) is 5.32 Å². The summed E-state index contributed by atoms with van der Waals surface area (Å²) in [6.07, 6.45) is 0.666. The molecule has 0 bridgehead atoms. The van der Waals surface area contributed by atoms with Crippen LogP contribution in [0.25, 0.3) is 0 Å². The molecule has 23 heavy (non-hydrogen) atoms. The third-order valence-electron chi connectivity index (χ3n) is 3.40. The minimum Gasteiger partial charge on any atom is -0.492 e. The number of aliphatic carboxylic acids is 1. The average molecular weight is 388 g/mol. The Morgan fingerprint density at radius 3 is 2.61 bits per heavy atom. The van der Waals surface area contributed by atoms with E-state index in [0.717, 1.165) is 10.0 Å². The molecule has 0 aliphatic carbocycles. The maximum Gasteiger partial charge on any atom is 0.307 e. The van der Waals surface area contributed by atoms with E-state index < -0.39 is 5.97 Å². The largest absolute Gasteiger partial charge is 0.492 e. The molecule has 5 nitrogen and oxygen atoms in total. The fourth-order valence-corrected chi connectivity index (χ4v) is 3.07. The highest BCUT2D eigenvalue weighted by molar-refractivity contribution is 9.10. The molecule has 0 saturated heterocycles. The van der Waals surface area contributed by atoms with E-state index in [2.05, 4.69) is 21.2 Å². The maximum absolute atomic E-state index is 11.3. The molecule has 0 heterocycles. The van der Waals surface area contributed by atoms with E-state index in [0.29, 0.717) is 43.5 Å². The van der Waals surface area contributed by atoms with Crippen molar-refractivity contribution in [2.45, 2.75) is 33.7 Å². The number of hydrogen-bond donors (Lipinski definition) is 2. The molecule has 1 aromatic rings. The molecule has 2 N–H and O–H groups in total. The Labute approximate surface area is 146 Å². The lowest BCUT2D eigenvalue weighted by Gasteiger charge is -2.17. The lowest BCUT2D eigenvalue weighted by Crippen LogP contribution is -2.29. The van der Waals surface area contributed by atoms with Crippen LogP contribution in [0.5, 0.6) is 11.5 Å². The second kappa shape index (κ2) is 9.78. The summed E-state index contributed by atoms with van der Waals surface area (Å²) in [5.74, 6) is 0.578. The predicted octanol–water partition coefficient (Wildman–Crippen LogP) is 3.69. The zero-order valence-corrected chi connectivity index (χ0v) is 15.8. The van der Waals surface area contributed by atoms with Crippen LogP contribution in [0, 0.1) is 11.8 Å². The van der Waals surface area contributed by atoms with Crippen LogP contribution >= 0.6 is 15.9 Å². The van der Waals surface area contributed by atoms with Gasteiger partial charge in [-0.3, -0.25) is 4.79 Å². The molecule has 1 atom stereocenters.